The number of carbonyl (C=O) groups is 2. The van der Waals surface area contributed by atoms with E-state index in [1.165, 1.54) is 24.3 Å². The third kappa shape index (κ3) is 5.59. The summed E-state index contributed by atoms with van der Waals surface area (Å²) < 4.78 is 4.65. The summed E-state index contributed by atoms with van der Waals surface area (Å²) in [6.07, 6.45) is -0.701. The molecule has 0 radical (unpaired) electrons. The Morgan fingerprint density at radius 2 is 1.83 bits per heavy atom. The first-order valence-corrected chi connectivity index (χ1v) is 4.60. The van der Waals surface area contributed by atoms with Gasteiger partial charge in [0, 0.05) is 12.1 Å². The number of esters is 1. The number of carboxylic acid groups (broad SMARTS) is 1. The zero-order valence-electron chi connectivity index (χ0n) is 8.66. The molecule has 1 aromatic carbocycles. The zero-order valence-corrected chi connectivity index (χ0v) is 8.66. The van der Waals surface area contributed by atoms with E-state index >= 15 is 0 Å². The number of hydrogen-bond acceptors (Lipinski definition) is 5. The number of nitro benzene ring substituents is 1. The van der Waals surface area contributed by atoms with Gasteiger partial charge in [-0.05, 0) is 17.7 Å². The minimum atomic E-state index is -1.27. The topological polar surface area (TPSA) is 107 Å². The molecule has 0 heterocycles. The maximum absolute atomic E-state index is 10.9. The Morgan fingerprint density at radius 3 is 2.28 bits per heavy atom. The molecule has 1 rings (SSSR count). The molecule has 0 aliphatic heterocycles. The maximum atomic E-state index is 10.9. The predicted molar refractivity (Wildman–Crippen MR) is 63.7 cm³/mol. The Morgan fingerprint density at radius 1 is 1.28 bits per heavy atom. The lowest BCUT2D eigenvalue weighted by molar-refractivity contribution is -0.384. The lowest BCUT2D eigenvalue weighted by Crippen LogP contribution is -2.10. The van der Waals surface area contributed by atoms with Gasteiger partial charge in [0.05, 0.1) is 4.92 Å². The van der Waals surface area contributed by atoms with Gasteiger partial charge in [0.2, 0.25) is 0 Å². The highest BCUT2D eigenvalue weighted by molar-refractivity contribution is 5.90. The number of rotatable bonds is 5. The molecule has 94 valence electrons. The minimum Gasteiger partial charge on any atom is -0.481 e. The highest BCUT2D eigenvalue weighted by Gasteiger charge is 2.09. The monoisotopic (exact) mass is 265 g/mol. The van der Waals surface area contributed by atoms with Gasteiger partial charge in [0.15, 0.2) is 0 Å². The van der Waals surface area contributed by atoms with Crippen molar-refractivity contribution >= 4 is 40.7 Å². The lowest BCUT2D eigenvalue weighted by Gasteiger charge is -2.02. The van der Waals surface area contributed by atoms with Crippen LogP contribution in [0.25, 0.3) is 0 Å². The van der Waals surface area contributed by atoms with Crippen molar-refractivity contribution in [3.8, 4) is 0 Å². The van der Waals surface area contributed by atoms with Gasteiger partial charge in [-0.3, -0.25) is 19.7 Å². The van der Waals surface area contributed by atoms with Crippen molar-refractivity contribution in [2.45, 2.75) is 13.0 Å². The second-order valence-electron chi connectivity index (χ2n) is 3.15. The molecule has 0 aliphatic rings. The summed E-state index contributed by atoms with van der Waals surface area (Å²) in [7, 11) is 0. The van der Waals surface area contributed by atoms with Crippen LogP contribution in [0.5, 0.6) is 0 Å². The number of ether oxygens (including phenoxy) is 1. The molecule has 1 aromatic rings. The Balaban J connectivity index is 0.00000289. The third-order valence-corrected chi connectivity index (χ3v) is 1.84. The van der Waals surface area contributed by atoms with Crippen molar-refractivity contribution in [3.63, 3.8) is 0 Å². The van der Waals surface area contributed by atoms with Crippen LogP contribution in [0.2, 0.25) is 0 Å². The second-order valence-corrected chi connectivity index (χ2v) is 3.15. The van der Waals surface area contributed by atoms with Crippen molar-refractivity contribution in [1.82, 2.24) is 0 Å². The van der Waals surface area contributed by atoms with Gasteiger partial charge in [-0.25, -0.2) is 0 Å². The van der Waals surface area contributed by atoms with Crippen molar-refractivity contribution in [3.05, 3.63) is 39.9 Å². The predicted octanol–water partition coefficient (Wildman–Crippen LogP) is 0.197. The van der Waals surface area contributed by atoms with E-state index < -0.39 is 23.3 Å². The van der Waals surface area contributed by atoms with E-state index in [0.29, 0.717) is 5.56 Å². The Bertz CT molecular complexity index is 444. The molecule has 0 amide bonds. The number of nitro groups is 1. The van der Waals surface area contributed by atoms with Crippen LogP contribution in [0, 0.1) is 10.1 Å². The Labute approximate surface area is 118 Å². The number of nitrogens with zero attached hydrogens (tertiary/aromatic N) is 1. The highest BCUT2D eigenvalue weighted by Crippen LogP contribution is 2.12. The molecule has 0 spiro atoms. The van der Waals surface area contributed by atoms with E-state index in [1.807, 2.05) is 0 Å². The summed E-state index contributed by atoms with van der Waals surface area (Å²) >= 11 is 0. The normalized spacial score (nSPS) is 9.11. The molecule has 0 fully saturated rings. The van der Waals surface area contributed by atoms with E-state index in [4.69, 9.17) is 5.11 Å². The molecule has 0 aliphatic carbocycles. The molecule has 0 atom stereocenters. The van der Waals surface area contributed by atoms with Crippen LogP contribution in [0.4, 0.5) is 5.69 Å². The van der Waals surface area contributed by atoms with Crippen molar-refractivity contribution in [2.75, 3.05) is 0 Å². The van der Waals surface area contributed by atoms with Crippen LogP contribution in [0.15, 0.2) is 24.3 Å². The number of benzene rings is 1. The van der Waals surface area contributed by atoms with E-state index in [-0.39, 0.29) is 35.3 Å². The molecular weight excluding hydrogens is 254 g/mol. The van der Waals surface area contributed by atoms with Crippen LogP contribution in [-0.2, 0) is 20.9 Å². The van der Waals surface area contributed by atoms with E-state index in [0.717, 1.165) is 0 Å². The van der Waals surface area contributed by atoms with Crippen LogP contribution in [0.3, 0.4) is 0 Å². The fourth-order valence-electron chi connectivity index (χ4n) is 1.05. The smallest absolute Gasteiger partial charge is 0.317 e. The van der Waals surface area contributed by atoms with E-state index in [9.17, 15) is 19.7 Å². The van der Waals surface area contributed by atoms with Crippen LogP contribution >= 0.6 is 0 Å². The van der Waals surface area contributed by atoms with Gasteiger partial charge < -0.3 is 9.84 Å². The van der Waals surface area contributed by atoms with Crippen molar-refractivity contribution < 1.29 is 24.4 Å². The SMILES string of the molecule is O=C(O)CC(=O)OCc1ccc([N+](=O)[O-])cc1.[MgH2]. The standard InChI is InChI=1S/C10H9NO6.Mg.2H/c12-9(13)5-10(14)17-6-7-1-3-8(4-2-7)11(15)16;;;/h1-4H,5-6H2,(H,12,13);;;. The van der Waals surface area contributed by atoms with Gasteiger partial charge in [0.1, 0.15) is 13.0 Å². The molecule has 18 heavy (non-hydrogen) atoms. The Kier molecular flexibility index (Phi) is 6.91. The van der Waals surface area contributed by atoms with Crippen molar-refractivity contribution in [1.29, 1.82) is 0 Å². The second kappa shape index (κ2) is 7.61. The summed E-state index contributed by atoms with van der Waals surface area (Å²) in [6.45, 7) is -0.107. The molecule has 0 unspecified atom stereocenters. The number of carbonyl (C=O) groups excluding carboxylic acids is 1. The number of non-ortho nitro benzene ring substituents is 1. The summed E-state index contributed by atoms with van der Waals surface area (Å²) in [4.78, 5) is 30.9. The maximum Gasteiger partial charge on any atom is 0.317 e. The average molecular weight is 266 g/mol. The van der Waals surface area contributed by atoms with E-state index in [1.54, 1.807) is 0 Å². The van der Waals surface area contributed by atoms with Gasteiger partial charge >= 0.3 is 35.0 Å². The largest absolute Gasteiger partial charge is 0.481 e. The Hall–Kier alpha value is -1.67. The van der Waals surface area contributed by atoms with Gasteiger partial charge in [0.25, 0.3) is 5.69 Å². The molecule has 8 heteroatoms. The van der Waals surface area contributed by atoms with E-state index in [2.05, 4.69) is 4.74 Å². The average Bonchev–Trinajstić information content (AvgIpc) is 2.26. The summed E-state index contributed by atoms with van der Waals surface area (Å²) in [5.74, 6) is -2.12. The fraction of sp³-hybridized carbons (Fsp3) is 0.200. The quantitative estimate of drug-likeness (QED) is 0.268. The molecule has 0 aromatic heterocycles. The third-order valence-electron chi connectivity index (χ3n) is 1.84. The molecule has 0 saturated carbocycles. The minimum absolute atomic E-state index is 0. The zero-order chi connectivity index (χ0) is 12.8. The van der Waals surface area contributed by atoms with Crippen LogP contribution in [-0.4, -0.2) is 45.0 Å². The molecule has 0 bridgehead atoms. The van der Waals surface area contributed by atoms with Crippen molar-refractivity contribution in [2.24, 2.45) is 0 Å². The molecule has 1 N–H and O–H groups in total. The summed E-state index contributed by atoms with van der Waals surface area (Å²) in [6, 6.07) is 5.43. The number of hydrogen-bond donors (Lipinski definition) is 1. The van der Waals surface area contributed by atoms with Gasteiger partial charge in [-0.15, -0.1) is 0 Å². The van der Waals surface area contributed by atoms with Crippen LogP contribution < -0.4 is 0 Å². The van der Waals surface area contributed by atoms with Crippen LogP contribution in [0.1, 0.15) is 12.0 Å². The first-order valence-electron chi connectivity index (χ1n) is 4.60. The number of carboxylic acids is 1. The fourth-order valence-corrected chi connectivity index (χ4v) is 1.05. The number of aliphatic carboxylic acids is 1. The highest BCUT2D eigenvalue weighted by atomic mass is 24.3. The molecule has 0 saturated heterocycles. The first-order chi connectivity index (χ1) is 7.99. The lowest BCUT2D eigenvalue weighted by atomic mass is 10.2. The van der Waals surface area contributed by atoms with Gasteiger partial charge in [-0.2, -0.15) is 0 Å². The molecular formula is C10H11MgNO6. The summed E-state index contributed by atoms with van der Waals surface area (Å²) in [5.41, 5.74) is 0.486. The summed E-state index contributed by atoms with van der Waals surface area (Å²) in [5, 5.41) is 18.7. The van der Waals surface area contributed by atoms with Gasteiger partial charge in [-0.1, -0.05) is 0 Å². The first kappa shape index (κ1) is 16.3. The molecule has 7 nitrogen and oxygen atoms in total.